The number of nitrogens with one attached hydrogen (secondary N) is 1. The van der Waals surface area contributed by atoms with E-state index in [0.717, 1.165) is 5.56 Å². The molecule has 0 aliphatic carbocycles. The summed E-state index contributed by atoms with van der Waals surface area (Å²) in [6, 6.07) is 1.22. The van der Waals surface area contributed by atoms with Crippen LogP contribution in [-0.2, 0) is 16.1 Å². The Kier molecular flexibility index (Phi) is 4.39. The van der Waals surface area contributed by atoms with Gasteiger partial charge in [0.25, 0.3) is 0 Å². The van der Waals surface area contributed by atoms with Crippen LogP contribution in [0.15, 0.2) is 12.3 Å². The summed E-state index contributed by atoms with van der Waals surface area (Å²) in [5, 5.41) is 3.12. The molecule has 1 fully saturated rings. The zero-order chi connectivity index (χ0) is 14.0. The number of piperazine rings is 1. The number of rotatable bonds is 3. The minimum Gasteiger partial charge on any atom is -0.294 e. The molecule has 1 aliphatic rings. The van der Waals surface area contributed by atoms with Crippen molar-refractivity contribution in [2.75, 3.05) is 6.54 Å². The van der Waals surface area contributed by atoms with Crippen LogP contribution in [0.25, 0.3) is 0 Å². The Morgan fingerprint density at radius 2 is 2.21 bits per heavy atom. The first-order valence-corrected chi connectivity index (χ1v) is 6.64. The first-order valence-electron chi connectivity index (χ1n) is 5.89. The second-order valence-electron chi connectivity index (χ2n) is 4.34. The Bertz CT molecular complexity index is 522. The quantitative estimate of drug-likeness (QED) is 0.681. The monoisotopic (exact) mass is 301 g/mol. The fourth-order valence-electron chi connectivity index (χ4n) is 2.10. The van der Waals surface area contributed by atoms with Gasteiger partial charge in [-0.05, 0) is 12.5 Å². The van der Waals surface area contributed by atoms with Gasteiger partial charge in [0.1, 0.15) is 5.15 Å². The first kappa shape index (κ1) is 14.2. The van der Waals surface area contributed by atoms with E-state index >= 15 is 0 Å². The highest BCUT2D eigenvalue weighted by Crippen LogP contribution is 2.22. The van der Waals surface area contributed by atoms with Crippen molar-refractivity contribution in [3.63, 3.8) is 0 Å². The molecule has 0 saturated carbocycles. The Labute approximate surface area is 120 Å². The van der Waals surface area contributed by atoms with Crippen LogP contribution < -0.4 is 5.32 Å². The topological polar surface area (TPSA) is 62.3 Å². The van der Waals surface area contributed by atoms with E-state index in [-0.39, 0.29) is 24.4 Å². The highest BCUT2D eigenvalue weighted by Gasteiger charge is 2.32. The molecule has 0 radical (unpaired) electrons. The lowest BCUT2D eigenvalue weighted by molar-refractivity contribution is -0.140. The predicted molar refractivity (Wildman–Crippen MR) is 71.9 cm³/mol. The number of amides is 2. The number of carbonyl (C=O) groups excluding carboxylic acids is 2. The van der Waals surface area contributed by atoms with E-state index < -0.39 is 0 Å². The normalized spacial score (nSPS) is 20.5. The molecule has 1 aliphatic heterocycles. The standard InChI is InChI=1S/C12H13Cl2N3O2/c1-2-9-12(19)16-11(18)6-17(9)5-7-4-15-10(14)3-8(7)13/h3-4,9H,2,5-6H2,1H3,(H,16,18,19). The summed E-state index contributed by atoms with van der Waals surface area (Å²) in [4.78, 5) is 28.9. The molecule has 1 N–H and O–H groups in total. The maximum absolute atomic E-state index is 11.7. The number of imide groups is 1. The van der Waals surface area contributed by atoms with Crippen LogP contribution >= 0.6 is 23.2 Å². The predicted octanol–water partition coefficient (Wildman–Crippen LogP) is 1.63. The van der Waals surface area contributed by atoms with Gasteiger partial charge in [-0.2, -0.15) is 0 Å². The minimum absolute atomic E-state index is 0.170. The van der Waals surface area contributed by atoms with Crippen LogP contribution in [0.2, 0.25) is 10.2 Å². The molecule has 7 heteroatoms. The minimum atomic E-state index is -0.329. The van der Waals surface area contributed by atoms with E-state index in [0.29, 0.717) is 23.1 Å². The summed E-state index contributed by atoms with van der Waals surface area (Å²) in [6.07, 6.45) is 2.19. The number of hydrogen-bond acceptors (Lipinski definition) is 4. The van der Waals surface area contributed by atoms with Crippen LogP contribution in [0.3, 0.4) is 0 Å². The number of nitrogens with zero attached hydrogens (tertiary/aromatic N) is 2. The van der Waals surface area contributed by atoms with E-state index in [2.05, 4.69) is 10.3 Å². The van der Waals surface area contributed by atoms with Crippen molar-refractivity contribution in [3.05, 3.63) is 28.0 Å². The van der Waals surface area contributed by atoms with Crippen molar-refractivity contribution in [3.8, 4) is 0 Å². The molecule has 1 unspecified atom stereocenters. The summed E-state index contributed by atoms with van der Waals surface area (Å²) >= 11 is 11.8. The van der Waals surface area contributed by atoms with Gasteiger partial charge in [0.05, 0.1) is 12.6 Å². The zero-order valence-electron chi connectivity index (χ0n) is 10.3. The summed E-state index contributed by atoms with van der Waals surface area (Å²) in [5.41, 5.74) is 0.743. The average molecular weight is 302 g/mol. The highest BCUT2D eigenvalue weighted by molar-refractivity contribution is 6.34. The van der Waals surface area contributed by atoms with E-state index in [9.17, 15) is 9.59 Å². The van der Waals surface area contributed by atoms with Gasteiger partial charge in [-0.1, -0.05) is 30.1 Å². The third kappa shape index (κ3) is 3.23. The highest BCUT2D eigenvalue weighted by atomic mass is 35.5. The molecule has 0 spiro atoms. The van der Waals surface area contributed by atoms with Crippen molar-refractivity contribution in [2.24, 2.45) is 0 Å². The van der Waals surface area contributed by atoms with Crippen molar-refractivity contribution in [1.82, 2.24) is 15.2 Å². The smallest absolute Gasteiger partial charge is 0.243 e. The molecule has 1 aromatic rings. The number of pyridine rings is 1. The van der Waals surface area contributed by atoms with Crippen molar-refractivity contribution in [1.29, 1.82) is 0 Å². The van der Waals surface area contributed by atoms with Gasteiger partial charge in [-0.3, -0.25) is 19.8 Å². The Balaban J connectivity index is 2.20. The molecule has 5 nitrogen and oxygen atoms in total. The fourth-order valence-corrected chi connectivity index (χ4v) is 2.53. The van der Waals surface area contributed by atoms with E-state index in [1.165, 1.54) is 0 Å². The van der Waals surface area contributed by atoms with Gasteiger partial charge in [-0.25, -0.2) is 4.98 Å². The van der Waals surface area contributed by atoms with Crippen LogP contribution in [-0.4, -0.2) is 34.3 Å². The molecule has 2 amide bonds. The number of aromatic nitrogens is 1. The molecule has 0 aromatic carbocycles. The fraction of sp³-hybridized carbons (Fsp3) is 0.417. The van der Waals surface area contributed by atoms with Crippen LogP contribution in [0.1, 0.15) is 18.9 Å². The summed E-state index contributed by atoms with van der Waals surface area (Å²) in [7, 11) is 0. The first-order chi connectivity index (χ1) is 9.01. The van der Waals surface area contributed by atoms with Gasteiger partial charge in [0, 0.05) is 23.3 Å². The van der Waals surface area contributed by atoms with Crippen molar-refractivity contribution >= 4 is 35.0 Å². The third-order valence-corrected chi connectivity index (χ3v) is 3.57. The van der Waals surface area contributed by atoms with Crippen molar-refractivity contribution in [2.45, 2.75) is 25.9 Å². The molecule has 19 heavy (non-hydrogen) atoms. The Morgan fingerprint density at radius 3 is 2.84 bits per heavy atom. The molecule has 1 atom stereocenters. The molecular weight excluding hydrogens is 289 g/mol. The molecule has 0 bridgehead atoms. The second kappa shape index (κ2) is 5.86. The summed E-state index contributed by atoms with van der Waals surface area (Å²) < 4.78 is 0. The number of hydrogen-bond donors (Lipinski definition) is 1. The van der Waals surface area contributed by atoms with Crippen LogP contribution in [0, 0.1) is 0 Å². The average Bonchev–Trinajstić information content (AvgIpc) is 2.32. The van der Waals surface area contributed by atoms with E-state index in [1.54, 1.807) is 17.2 Å². The molecule has 2 heterocycles. The summed E-state index contributed by atoms with van der Waals surface area (Å²) in [6.45, 7) is 2.46. The zero-order valence-corrected chi connectivity index (χ0v) is 11.8. The largest absolute Gasteiger partial charge is 0.294 e. The maximum atomic E-state index is 11.7. The lowest BCUT2D eigenvalue weighted by Gasteiger charge is -2.33. The van der Waals surface area contributed by atoms with Gasteiger partial charge >= 0.3 is 0 Å². The Morgan fingerprint density at radius 1 is 1.47 bits per heavy atom. The Hall–Kier alpha value is -1.17. The number of halogens is 2. The van der Waals surface area contributed by atoms with E-state index in [4.69, 9.17) is 23.2 Å². The third-order valence-electron chi connectivity index (χ3n) is 3.01. The van der Waals surface area contributed by atoms with Crippen LogP contribution in [0.4, 0.5) is 0 Å². The lowest BCUT2D eigenvalue weighted by Crippen LogP contribution is -2.57. The van der Waals surface area contributed by atoms with Crippen LogP contribution in [0.5, 0.6) is 0 Å². The van der Waals surface area contributed by atoms with Gasteiger partial charge in [0.15, 0.2) is 0 Å². The SMILES string of the molecule is CCC1C(=O)NC(=O)CN1Cc1cnc(Cl)cc1Cl. The van der Waals surface area contributed by atoms with Gasteiger partial charge in [-0.15, -0.1) is 0 Å². The lowest BCUT2D eigenvalue weighted by atomic mass is 10.1. The van der Waals surface area contributed by atoms with Crippen molar-refractivity contribution < 1.29 is 9.59 Å². The maximum Gasteiger partial charge on any atom is 0.243 e. The summed E-state index contributed by atoms with van der Waals surface area (Å²) in [5.74, 6) is -0.565. The second-order valence-corrected chi connectivity index (χ2v) is 5.13. The van der Waals surface area contributed by atoms with E-state index in [1.807, 2.05) is 6.92 Å². The number of carbonyl (C=O) groups is 2. The molecule has 102 valence electrons. The molecule has 1 saturated heterocycles. The molecule has 2 rings (SSSR count). The van der Waals surface area contributed by atoms with Gasteiger partial charge < -0.3 is 0 Å². The molecule has 1 aromatic heterocycles. The van der Waals surface area contributed by atoms with Gasteiger partial charge in [0.2, 0.25) is 11.8 Å². The molecular formula is C12H13Cl2N3O2.